The summed E-state index contributed by atoms with van der Waals surface area (Å²) in [5.74, 6) is 0.0632. The molecule has 0 aliphatic heterocycles. The molecule has 1 N–H and O–H groups in total. The second kappa shape index (κ2) is 6.08. The molecule has 19 heavy (non-hydrogen) atoms. The maximum Gasteiger partial charge on any atom is 0.233 e. The normalized spacial score (nSPS) is 12.2. The number of ether oxygens (including phenoxy) is 1. The summed E-state index contributed by atoms with van der Waals surface area (Å²) in [7, 11) is 1.50. The third kappa shape index (κ3) is 3.48. The molecule has 6 heteroatoms. The van der Waals surface area contributed by atoms with Gasteiger partial charge in [-0.1, -0.05) is 22.0 Å². The maximum atomic E-state index is 13.0. The van der Waals surface area contributed by atoms with E-state index in [-0.39, 0.29) is 5.82 Å². The van der Waals surface area contributed by atoms with Gasteiger partial charge < -0.3 is 9.84 Å². The van der Waals surface area contributed by atoms with Crippen molar-refractivity contribution in [2.75, 3.05) is 7.11 Å². The fourth-order valence-corrected chi connectivity index (χ4v) is 2.13. The molecule has 0 spiro atoms. The molecule has 0 radical (unpaired) electrons. The van der Waals surface area contributed by atoms with Crippen LogP contribution in [0.3, 0.4) is 0 Å². The highest BCUT2D eigenvalue weighted by molar-refractivity contribution is 9.10. The first-order valence-corrected chi connectivity index (χ1v) is 6.39. The van der Waals surface area contributed by atoms with Crippen LogP contribution in [0.1, 0.15) is 17.4 Å². The second-order valence-electron chi connectivity index (χ2n) is 3.96. The number of aromatic nitrogens is 2. The van der Waals surface area contributed by atoms with E-state index in [9.17, 15) is 9.50 Å². The molecule has 1 unspecified atom stereocenters. The van der Waals surface area contributed by atoms with Gasteiger partial charge in [0.25, 0.3) is 0 Å². The first-order valence-electron chi connectivity index (χ1n) is 5.59. The molecular formula is C13H12BrFN2O2. The van der Waals surface area contributed by atoms with Crippen LogP contribution in [0.15, 0.2) is 34.8 Å². The lowest BCUT2D eigenvalue weighted by atomic mass is 10.1. The fraction of sp³-hybridized carbons (Fsp3) is 0.231. The van der Waals surface area contributed by atoms with Crippen LogP contribution >= 0.6 is 15.9 Å². The molecule has 0 amide bonds. The Morgan fingerprint density at radius 3 is 2.68 bits per heavy atom. The Bertz CT molecular complexity index is 563. The lowest BCUT2D eigenvalue weighted by molar-refractivity contribution is 0.171. The van der Waals surface area contributed by atoms with E-state index in [1.54, 1.807) is 18.2 Å². The summed E-state index contributed by atoms with van der Waals surface area (Å²) in [5.41, 5.74) is 1.24. The summed E-state index contributed by atoms with van der Waals surface area (Å²) in [5, 5.41) is 17.7. The lowest BCUT2D eigenvalue weighted by Gasteiger charge is -2.11. The number of hydrogen-bond donors (Lipinski definition) is 1. The van der Waals surface area contributed by atoms with Gasteiger partial charge in [0.2, 0.25) is 5.88 Å². The van der Waals surface area contributed by atoms with Gasteiger partial charge in [0.05, 0.1) is 12.8 Å². The fourth-order valence-electron chi connectivity index (χ4n) is 1.62. The molecule has 4 nitrogen and oxygen atoms in total. The average molecular weight is 327 g/mol. The van der Waals surface area contributed by atoms with Crippen molar-refractivity contribution in [1.82, 2.24) is 10.2 Å². The highest BCUT2D eigenvalue weighted by Gasteiger charge is 2.13. The van der Waals surface area contributed by atoms with E-state index in [0.717, 1.165) is 5.56 Å². The number of rotatable bonds is 4. The van der Waals surface area contributed by atoms with E-state index >= 15 is 0 Å². The van der Waals surface area contributed by atoms with Gasteiger partial charge in [-0.2, -0.15) is 0 Å². The summed E-state index contributed by atoms with van der Waals surface area (Å²) >= 11 is 3.26. The number of halogens is 2. The zero-order valence-corrected chi connectivity index (χ0v) is 11.8. The maximum absolute atomic E-state index is 13.0. The number of methoxy groups -OCH3 is 1. The van der Waals surface area contributed by atoms with E-state index in [4.69, 9.17) is 4.74 Å². The van der Waals surface area contributed by atoms with Gasteiger partial charge in [0.1, 0.15) is 11.9 Å². The Balaban J connectivity index is 2.13. The Labute approximate surface area is 118 Å². The van der Waals surface area contributed by atoms with Gasteiger partial charge >= 0.3 is 0 Å². The number of aliphatic hydroxyl groups is 1. The summed E-state index contributed by atoms with van der Waals surface area (Å²) in [6.45, 7) is 0. The molecule has 0 aliphatic rings. The van der Waals surface area contributed by atoms with Crippen LogP contribution in [-0.4, -0.2) is 22.4 Å². The molecule has 100 valence electrons. The SMILES string of the molecule is COc1ccc(C(O)Cc2ccc(F)cc2Br)nn1. The van der Waals surface area contributed by atoms with E-state index in [1.807, 2.05) is 0 Å². The number of benzene rings is 1. The van der Waals surface area contributed by atoms with E-state index in [2.05, 4.69) is 26.1 Å². The highest BCUT2D eigenvalue weighted by atomic mass is 79.9. The monoisotopic (exact) mass is 326 g/mol. The van der Waals surface area contributed by atoms with E-state index in [1.165, 1.54) is 19.2 Å². The van der Waals surface area contributed by atoms with Gasteiger partial charge in [0, 0.05) is 17.0 Å². The zero-order chi connectivity index (χ0) is 13.8. The summed E-state index contributed by atoms with van der Waals surface area (Å²) in [6.07, 6.45) is -0.484. The molecule has 1 aromatic carbocycles. The third-order valence-electron chi connectivity index (χ3n) is 2.64. The Morgan fingerprint density at radius 1 is 1.32 bits per heavy atom. The second-order valence-corrected chi connectivity index (χ2v) is 4.81. The number of nitrogens with zero attached hydrogens (tertiary/aromatic N) is 2. The van der Waals surface area contributed by atoms with Gasteiger partial charge in [0.15, 0.2) is 0 Å². The van der Waals surface area contributed by atoms with Crippen molar-refractivity contribution in [3.63, 3.8) is 0 Å². The summed E-state index contributed by atoms with van der Waals surface area (Å²) in [6, 6.07) is 7.62. The van der Waals surface area contributed by atoms with E-state index in [0.29, 0.717) is 22.5 Å². The Morgan fingerprint density at radius 2 is 2.11 bits per heavy atom. The van der Waals surface area contributed by atoms with Gasteiger partial charge in [-0.25, -0.2) is 4.39 Å². The first kappa shape index (κ1) is 13.9. The lowest BCUT2D eigenvalue weighted by Crippen LogP contribution is -2.06. The molecule has 2 aromatic rings. The molecule has 1 atom stereocenters. The Hall–Kier alpha value is -1.53. The van der Waals surface area contributed by atoms with Crippen LogP contribution in [0, 0.1) is 5.82 Å². The average Bonchev–Trinajstić information content (AvgIpc) is 2.42. The zero-order valence-electron chi connectivity index (χ0n) is 10.2. The molecule has 0 saturated heterocycles. The number of aliphatic hydroxyl groups excluding tert-OH is 1. The Kier molecular flexibility index (Phi) is 4.44. The summed E-state index contributed by atoms with van der Waals surface area (Å²) < 4.78 is 18.5. The van der Waals surface area contributed by atoms with Crippen LogP contribution in [0.5, 0.6) is 5.88 Å². The van der Waals surface area contributed by atoms with Crippen LogP contribution < -0.4 is 4.74 Å². The van der Waals surface area contributed by atoms with Crippen LogP contribution in [0.2, 0.25) is 0 Å². The van der Waals surface area contributed by atoms with Crippen molar-refractivity contribution in [1.29, 1.82) is 0 Å². The van der Waals surface area contributed by atoms with Crippen molar-refractivity contribution >= 4 is 15.9 Å². The van der Waals surface area contributed by atoms with Crippen molar-refractivity contribution in [2.24, 2.45) is 0 Å². The predicted octanol–water partition coefficient (Wildman–Crippen LogP) is 2.66. The molecule has 0 fully saturated rings. The minimum atomic E-state index is -0.805. The van der Waals surface area contributed by atoms with Crippen molar-refractivity contribution in [2.45, 2.75) is 12.5 Å². The molecule has 0 saturated carbocycles. The smallest absolute Gasteiger partial charge is 0.233 e. The van der Waals surface area contributed by atoms with Gasteiger partial charge in [-0.3, -0.25) is 0 Å². The molecule has 1 heterocycles. The molecule has 1 aromatic heterocycles. The minimum absolute atomic E-state index is 0.321. The van der Waals surface area contributed by atoms with Crippen LogP contribution in [0.25, 0.3) is 0 Å². The molecule has 2 rings (SSSR count). The topological polar surface area (TPSA) is 55.2 Å². The van der Waals surface area contributed by atoms with Gasteiger partial charge in [-0.05, 0) is 23.8 Å². The first-order chi connectivity index (χ1) is 9.10. The number of hydrogen-bond acceptors (Lipinski definition) is 4. The van der Waals surface area contributed by atoms with Crippen molar-refractivity contribution in [3.05, 3.63) is 51.9 Å². The van der Waals surface area contributed by atoms with Crippen molar-refractivity contribution in [3.8, 4) is 5.88 Å². The molecule has 0 aliphatic carbocycles. The third-order valence-corrected chi connectivity index (χ3v) is 3.38. The van der Waals surface area contributed by atoms with Crippen LogP contribution in [-0.2, 0) is 6.42 Å². The predicted molar refractivity (Wildman–Crippen MR) is 71.3 cm³/mol. The summed E-state index contributed by atoms with van der Waals surface area (Å²) in [4.78, 5) is 0. The minimum Gasteiger partial charge on any atom is -0.480 e. The van der Waals surface area contributed by atoms with E-state index < -0.39 is 6.10 Å². The highest BCUT2D eigenvalue weighted by Crippen LogP contribution is 2.24. The van der Waals surface area contributed by atoms with Crippen LogP contribution in [0.4, 0.5) is 4.39 Å². The standard InChI is InChI=1S/C13H12BrFN2O2/c1-19-13-5-4-11(16-17-13)12(18)6-8-2-3-9(15)7-10(8)14/h2-5,7,12,18H,6H2,1H3. The largest absolute Gasteiger partial charge is 0.480 e. The molecular weight excluding hydrogens is 315 g/mol. The molecule has 0 bridgehead atoms. The van der Waals surface area contributed by atoms with Crippen molar-refractivity contribution < 1.29 is 14.2 Å². The quantitative estimate of drug-likeness (QED) is 0.938. The van der Waals surface area contributed by atoms with Gasteiger partial charge in [-0.15, -0.1) is 10.2 Å².